The number of nitro benzene ring substituents is 1. The molecule has 1 aromatic rings. The minimum atomic E-state index is -2.93. The lowest BCUT2D eigenvalue weighted by molar-refractivity contribution is -0.386. The van der Waals surface area contributed by atoms with Crippen molar-refractivity contribution in [2.45, 2.75) is 12.5 Å². The van der Waals surface area contributed by atoms with Crippen LogP contribution in [-0.4, -0.2) is 21.6 Å². The minimum Gasteiger partial charge on any atom is -0.504 e. The van der Waals surface area contributed by atoms with Crippen LogP contribution in [0.25, 0.3) is 0 Å². The average Bonchev–Trinajstić information content (AvgIpc) is 2.20. The first-order chi connectivity index (χ1) is 7.34. The second-order valence-electron chi connectivity index (χ2n) is 3.03. The van der Waals surface area contributed by atoms with E-state index in [1.54, 1.807) is 0 Å². The minimum absolute atomic E-state index is 0. The number of phenols is 2. The van der Waals surface area contributed by atoms with Crippen LogP contribution in [0.5, 0.6) is 11.5 Å². The predicted octanol–water partition coefficient (Wildman–Crippen LogP) is 1.69. The van der Waals surface area contributed by atoms with E-state index in [1.165, 1.54) is 0 Å². The average molecular weight is 271 g/mol. The van der Waals surface area contributed by atoms with Crippen molar-refractivity contribution in [3.8, 4) is 11.5 Å². The Morgan fingerprint density at radius 2 is 1.88 bits per heavy atom. The summed E-state index contributed by atoms with van der Waals surface area (Å²) in [5.74, 6) is -1.84. The molecule has 0 radical (unpaired) electrons. The molecule has 0 spiro atoms. The molecule has 1 atom stereocenters. The molecule has 0 heterocycles. The highest BCUT2D eigenvalue weighted by molar-refractivity contribution is 5.85. The molecular weight excluding hydrogens is 262 g/mol. The SMILES string of the molecule is Cl.N[C@@H](c1cc(O)c(O)c([N+](=O)[O-])c1)C(F)F. The first kappa shape index (κ1) is 15.3. The van der Waals surface area contributed by atoms with E-state index >= 15 is 0 Å². The quantitative estimate of drug-likeness (QED) is 0.440. The van der Waals surface area contributed by atoms with Gasteiger partial charge in [-0.25, -0.2) is 8.78 Å². The van der Waals surface area contributed by atoms with Crippen molar-refractivity contribution < 1.29 is 23.9 Å². The zero-order chi connectivity index (χ0) is 12.5. The summed E-state index contributed by atoms with van der Waals surface area (Å²) in [4.78, 5) is 9.42. The monoisotopic (exact) mass is 270 g/mol. The molecule has 17 heavy (non-hydrogen) atoms. The summed E-state index contributed by atoms with van der Waals surface area (Å²) in [5.41, 5.74) is 3.87. The molecule has 0 bridgehead atoms. The van der Waals surface area contributed by atoms with Gasteiger partial charge in [-0.15, -0.1) is 12.4 Å². The second-order valence-corrected chi connectivity index (χ2v) is 3.03. The second kappa shape index (κ2) is 5.60. The molecule has 0 aliphatic heterocycles. The van der Waals surface area contributed by atoms with E-state index in [4.69, 9.17) is 15.9 Å². The fourth-order valence-corrected chi connectivity index (χ4v) is 1.10. The number of alkyl halides is 2. The molecule has 4 N–H and O–H groups in total. The standard InChI is InChI=1S/C8H8F2N2O4.ClH/c9-8(10)6(11)3-1-4(12(15)16)7(14)5(13)2-3;/h1-2,6,8,13-14H,11H2;1H/t6-;/m0./s1. The number of hydrogen-bond donors (Lipinski definition) is 3. The van der Waals surface area contributed by atoms with Gasteiger partial charge in [-0.2, -0.15) is 0 Å². The predicted molar refractivity (Wildman–Crippen MR) is 56.6 cm³/mol. The van der Waals surface area contributed by atoms with Gasteiger partial charge in [-0.05, 0) is 11.6 Å². The fourth-order valence-electron chi connectivity index (χ4n) is 1.10. The van der Waals surface area contributed by atoms with Crippen molar-refractivity contribution >= 4 is 18.1 Å². The van der Waals surface area contributed by atoms with Gasteiger partial charge in [0.1, 0.15) is 0 Å². The van der Waals surface area contributed by atoms with Gasteiger partial charge in [0, 0.05) is 6.07 Å². The summed E-state index contributed by atoms with van der Waals surface area (Å²) in [6, 6.07) is -0.296. The Kier molecular flexibility index (Phi) is 5.05. The maximum Gasteiger partial charge on any atom is 0.314 e. The number of phenolic OH excluding ortho intramolecular Hbond substituents is 2. The lowest BCUT2D eigenvalue weighted by atomic mass is 10.1. The molecule has 0 saturated heterocycles. The van der Waals surface area contributed by atoms with E-state index < -0.39 is 34.6 Å². The van der Waals surface area contributed by atoms with Gasteiger partial charge in [0.15, 0.2) is 5.75 Å². The van der Waals surface area contributed by atoms with Crippen molar-refractivity contribution in [1.82, 2.24) is 0 Å². The Labute approximate surface area is 100 Å². The molecule has 0 aromatic heterocycles. The molecule has 0 fully saturated rings. The molecule has 6 nitrogen and oxygen atoms in total. The van der Waals surface area contributed by atoms with Crippen LogP contribution in [0.4, 0.5) is 14.5 Å². The molecule has 0 amide bonds. The number of hydrogen-bond acceptors (Lipinski definition) is 5. The Morgan fingerprint density at radius 3 is 2.29 bits per heavy atom. The van der Waals surface area contributed by atoms with E-state index in [2.05, 4.69) is 0 Å². The number of benzene rings is 1. The van der Waals surface area contributed by atoms with Crippen LogP contribution < -0.4 is 5.73 Å². The Balaban J connectivity index is 0.00000256. The van der Waals surface area contributed by atoms with Crippen molar-refractivity contribution in [2.24, 2.45) is 5.73 Å². The van der Waals surface area contributed by atoms with Gasteiger partial charge in [0.25, 0.3) is 6.43 Å². The van der Waals surface area contributed by atoms with Crippen LogP contribution in [0.2, 0.25) is 0 Å². The number of halogens is 3. The zero-order valence-electron chi connectivity index (χ0n) is 8.21. The molecular formula is C8H9ClF2N2O4. The van der Waals surface area contributed by atoms with Crippen LogP contribution >= 0.6 is 12.4 Å². The normalized spacial score (nSPS) is 12.0. The molecule has 1 aromatic carbocycles. The Hall–Kier alpha value is -1.67. The van der Waals surface area contributed by atoms with Crippen LogP contribution in [0, 0.1) is 10.1 Å². The molecule has 1 rings (SSSR count). The fraction of sp³-hybridized carbons (Fsp3) is 0.250. The zero-order valence-corrected chi connectivity index (χ0v) is 9.03. The van der Waals surface area contributed by atoms with E-state index in [1.807, 2.05) is 0 Å². The third kappa shape index (κ3) is 3.14. The Bertz CT molecular complexity index is 430. The summed E-state index contributed by atoms with van der Waals surface area (Å²) in [6.07, 6.45) is -2.93. The van der Waals surface area contributed by atoms with Gasteiger partial charge in [0.2, 0.25) is 5.75 Å². The molecule has 0 aliphatic carbocycles. The third-order valence-electron chi connectivity index (χ3n) is 1.95. The lowest BCUT2D eigenvalue weighted by Gasteiger charge is -2.11. The van der Waals surface area contributed by atoms with E-state index in [0.717, 1.165) is 6.07 Å². The van der Waals surface area contributed by atoms with Crippen molar-refractivity contribution in [1.29, 1.82) is 0 Å². The number of nitrogens with zero attached hydrogens (tertiary/aromatic N) is 1. The van der Waals surface area contributed by atoms with Gasteiger partial charge < -0.3 is 15.9 Å². The first-order valence-electron chi connectivity index (χ1n) is 4.08. The molecule has 96 valence electrons. The summed E-state index contributed by atoms with van der Waals surface area (Å²) < 4.78 is 24.5. The van der Waals surface area contributed by atoms with Crippen LogP contribution in [0.15, 0.2) is 12.1 Å². The maximum absolute atomic E-state index is 12.2. The maximum atomic E-state index is 12.2. The van der Waals surface area contributed by atoms with Crippen molar-refractivity contribution in [2.75, 3.05) is 0 Å². The summed E-state index contributed by atoms with van der Waals surface area (Å²) >= 11 is 0. The lowest BCUT2D eigenvalue weighted by Crippen LogP contribution is -2.18. The van der Waals surface area contributed by atoms with Crippen LogP contribution in [0.3, 0.4) is 0 Å². The van der Waals surface area contributed by atoms with E-state index in [0.29, 0.717) is 6.07 Å². The number of aromatic hydroxyl groups is 2. The number of nitrogens with two attached hydrogens (primary N) is 1. The van der Waals surface area contributed by atoms with Gasteiger partial charge >= 0.3 is 5.69 Å². The topological polar surface area (TPSA) is 110 Å². The Morgan fingerprint density at radius 1 is 1.35 bits per heavy atom. The van der Waals surface area contributed by atoms with Gasteiger partial charge in [0.05, 0.1) is 11.0 Å². The highest BCUT2D eigenvalue weighted by Gasteiger charge is 2.24. The summed E-state index contributed by atoms with van der Waals surface area (Å²) in [6.45, 7) is 0. The number of rotatable bonds is 3. The molecule has 9 heteroatoms. The largest absolute Gasteiger partial charge is 0.504 e. The van der Waals surface area contributed by atoms with Crippen molar-refractivity contribution in [3.63, 3.8) is 0 Å². The molecule has 0 unspecified atom stereocenters. The van der Waals surface area contributed by atoms with Crippen molar-refractivity contribution in [3.05, 3.63) is 27.8 Å². The van der Waals surface area contributed by atoms with Crippen LogP contribution in [-0.2, 0) is 0 Å². The highest BCUT2D eigenvalue weighted by atomic mass is 35.5. The molecule has 0 saturated carbocycles. The van der Waals surface area contributed by atoms with Gasteiger partial charge in [-0.3, -0.25) is 10.1 Å². The summed E-state index contributed by atoms with van der Waals surface area (Å²) in [7, 11) is 0. The number of nitro groups is 1. The van der Waals surface area contributed by atoms with Gasteiger partial charge in [-0.1, -0.05) is 0 Å². The third-order valence-corrected chi connectivity index (χ3v) is 1.95. The summed E-state index contributed by atoms with van der Waals surface area (Å²) in [5, 5.41) is 28.6. The molecule has 0 aliphatic rings. The van der Waals surface area contributed by atoms with E-state index in [-0.39, 0.29) is 18.0 Å². The van der Waals surface area contributed by atoms with E-state index in [9.17, 15) is 18.9 Å². The van der Waals surface area contributed by atoms with Crippen LogP contribution in [0.1, 0.15) is 11.6 Å². The highest BCUT2D eigenvalue weighted by Crippen LogP contribution is 2.38. The smallest absolute Gasteiger partial charge is 0.314 e. The first-order valence-corrected chi connectivity index (χ1v) is 4.08.